The lowest BCUT2D eigenvalue weighted by molar-refractivity contribution is -0.300. The second kappa shape index (κ2) is 4.92. The van der Waals surface area contributed by atoms with Crippen molar-refractivity contribution in [2.45, 2.75) is 50.9 Å². The van der Waals surface area contributed by atoms with Gasteiger partial charge in [0.25, 0.3) is 0 Å². The molecule has 0 spiro atoms. The smallest absolute Gasteiger partial charge is 0.370 e. The Morgan fingerprint density at radius 3 is 2.22 bits per heavy atom. The monoisotopic (exact) mass is 275 g/mol. The molecule has 1 aliphatic carbocycles. The highest BCUT2D eigenvalue weighted by molar-refractivity contribution is 4.97. The Labute approximate surface area is 103 Å². The highest BCUT2D eigenvalue weighted by Crippen LogP contribution is 2.41. The van der Waals surface area contributed by atoms with Crippen molar-refractivity contribution in [1.29, 1.82) is 0 Å². The van der Waals surface area contributed by atoms with Crippen LogP contribution in [0.2, 0.25) is 0 Å². The third-order valence-corrected chi connectivity index (χ3v) is 3.49. The van der Waals surface area contributed by atoms with Crippen molar-refractivity contribution in [2.24, 2.45) is 5.41 Å². The van der Waals surface area contributed by atoms with Crippen LogP contribution in [0.25, 0.3) is 0 Å². The molecule has 0 aromatic rings. The molecule has 0 radical (unpaired) electrons. The number of ether oxygens (including phenoxy) is 1. The van der Waals surface area contributed by atoms with Crippen molar-refractivity contribution in [3.05, 3.63) is 0 Å². The number of nitrogens with one attached hydrogen (secondary N) is 1. The molecule has 1 saturated carbocycles. The molecular weight excluding hydrogens is 257 g/mol. The summed E-state index contributed by atoms with van der Waals surface area (Å²) in [4.78, 5) is 0. The number of alkyl halides is 5. The summed E-state index contributed by atoms with van der Waals surface area (Å²) >= 11 is 0. The highest BCUT2D eigenvalue weighted by Gasteiger charge is 2.58. The first-order valence-corrected chi connectivity index (χ1v) is 5.75. The number of hydrogen-bond donors (Lipinski definition) is 1. The Morgan fingerprint density at radius 1 is 1.22 bits per heavy atom. The van der Waals surface area contributed by atoms with E-state index in [2.05, 4.69) is 5.32 Å². The molecule has 1 aliphatic rings. The van der Waals surface area contributed by atoms with Gasteiger partial charge in [0, 0.05) is 6.04 Å². The van der Waals surface area contributed by atoms with E-state index in [-0.39, 0.29) is 11.5 Å². The van der Waals surface area contributed by atoms with E-state index in [9.17, 15) is 22.0 Å². The Bertz CT molecular complexity index is 290. The Kier molecular flexibility index (Phi) is 4.27. The van der Waals surface area contributed by atoms with Gasteiger partial charge in [-0.1, -0.05) is 13.8 Å². The zero-order valence-electron chi connectivity index (χ0n) is 10.6. The lowest BCUT2D eigenvalue weighted by Gasteiger charge is -2.31. The maximum atomic E-state index is 12.7. The topological polar surface area (TPSA) is 21.3 Å². The predicted octanol–water partition coefficient (Wildman–Crippen LogP) is 2.98. The largest absolute Gasteiger partial charge is 0.455 e. The van der Waals surface area contributed by atoms with Crippen LogP contribution < -0.4 is 5.32 Å². The van der Waals surface area contributed by atoms with Crippen LogP contribution in [0.5, 0.6) is 0 Å². The number of hydrogen-bond acceptors (Lipinski definition) is 2. The molecule has 0 heterocycles. The first-order chi connectivity index (χ1) is 8.01. The van der Waals surface area contributed by atoms with Gasteiger partial charge in [-0.2, -0.15) is 22.0 Å². The van der Waals surface area contributed by atoms with Crippen LogP contribution in [0.3, 0.4) is 0 Å². The summed E-state index contributed by atoms with van der Waals surface area (Å²) in [7, 11) is 1.65. The minimum Gasteiger partial charge on any atom is -0.370 e. The molecule has 2 nitrogen and oxygen atoms in total. The first-order valence-electron chi connectivity index (χ1n) is 5.75. The Morgan fingerprint density at radius 2 is 1.78 bits per heavy atom. The zero-order chi connectivity index (χ0) is 14.2. The summed E-state index contributed by atoms with van der Waals surface area (Å²) in [6.45, 7) is 2.24. The molecule has 1 rings (SSSR count). The molecule has 18 heavy (non-hydrogen) atoms. The van der Waals surface area contributed by atoms with E-state index in [4.69, 9.17) is 4.74 Å². The standard InChI is InChI=1S/C11H18F5NO/c1-9(2)5-4-7(8(9)17-3)18-6-10(12,13)11(14,15)16/h7-8,17H,4-6H2,1-3H3. The minimum atomic E-state index is -5.56. The van der Waals surface area contributed by atoms with E-state index < -0.39 is 24.8 Å². The number of rotatable bonds is 4. The van der Waals surface area contributed by atoms with Crippen molar-refractivity contribution < 1.29 is 26.7 Å². The van der Waals surface area contributed by atoms with E-state index in [1.54, 1.807) is 7.05 Å². The molecule has 0 bridgehead atoms. The summed E-state index contributed by atoms with van der Waals surface area (Å²) in [5.41, 5.74) is -0.174. The molecule has 108 valence electrons. The van der Waals surface area contributed by atoms with E-state index in [1.165, 1.54) is 0 Å². The Balaban J connectivity index is 2.60. The van der Waals surface area contributed by atoms with Crippen molar-refractivity contribution in [1.82, 2.24) is 5.32 Å². The fourth-order valence-electron chi connectivity index (χ4n) is 2.39. The second-order valence-electron chi connectivity index (χ2n) is 5.35. The maximum absolute atomic E-state index is 12.7. The summed E-state index contributed by atoms with van der Waals surface area (Å²) < 4.78 is 66.3. The summed E-state index contributed by atoms with van der Waals surface area (Å²) in [6.07, 6.45) is -4.97. The van der Waals surface area contributed by atoms with Crippen LogP contribution in [0, 0.1) is 5.41 Å². The normalized spacial score (nSPS) is 28.7. The molecule has 1 fully saturated rings. The van der Waals surface area contributed by atoms with E-state index >= 15 is 0 Å². The fourth-order valence-corrected chi connectivity index (χ4v) is 2.39. The number of likely N-dealkylation sites (N-methyl/N-ethyl adjacent to an activating group) is 1. The van der Waals surface area contributed by atoms with Crippen LogP contribution in [-0.2, 0) is 4.74 Å². The second-order valence-corrected chi connectivity index (χ2v) is 5.35. The molecule has 0 saturated heterocycles. The molecule has 7 heteroatoms. The average Bonchev–Trinajstić information content (AvgIpc) is 2.48. The first kappa shape index (κ1) is 15.6. The molecule has 0 aromatic heterocycles. The predicted molar refractivity (Wildman–Crippen MR) is 56.6 cm³/mol. The molecular formula is C11H18F5NO. The summed E-state index contributed by atoms with van der Waals surface area (Å²) in [5.74, 6) is -4.79. The average molecular weight is 275 g/mol. The van der Waals surface area contributed by atoms with Gasteiger partial charge in [-0.3, -0.25) is 0 Å². The maximum Gasteiger partial charge on any atom is 0.455 e. The van der Waals surface area contributed by atoms with Crippen molar-refractivity contribution >= 4 is 0 Å². The van der Waals surface area contributed by atoms with Gasteiger partial charge in [0.2, 0.25) is 0 Å². The van der Waals surface area contributed by atoms with Crippen LogP contribution in [0.1, 0.15) is 26.7 Å². The molecule has 0 aliphatic heterocycles. The molecule has 0 amide bonds. The van der Waals surface area contributed by atoms with Crippen molar-refractivity contribution in [3.8, 4) is 0 Å². The third kappa shape index (κ3) is 3.12. The molecule has 2 atom stereocenters. The highest BCUT2D eigenvalue weighted by atomic mass is 19.4. The van der Waals surface area contributed by atoms with Crippen LogP contribution in [0.4, 0.5) is 22.0 Å². The summed E-state index contributed by atoms with van der Waals surface area (Å²) in [5, 5.41) is 2.93. The van der Waals surface area contributed by atoms with Gasteiger partial charge < -0.3 is 10.1 Å². The van der Waals surface area contributed by atoms with Crippen LogP contribution in [-0.4, -0.2) is 37.9 Å². The van der Waals surface area contributed by atoms with Crippen molar-refractivity contribution in [3.63, 3.8) is 0 Å². The van der Waals surface area contributed by atoms with Crippen LogP contribution >= 0.6 is 0 Å². The van der Waals surface area contributed by atoms with Gasteiger partial charge in [0.05, 0.1) is 6.10 Å². The van der Waals surface area contributed by atoms with Gasteiger partial charge in [0.1, 0.15) is 6.61 Å². The number of halogens is 5. The van der Waals surface area contributed by atoms with Gasteiger partial charge >= 0.3 is 12.1 Å². The molecule has 0 aromatic carbocycles. The fraction of sp³-hybridized carbons (Fsp3) is 1.00. The van der Waals surface area contributed by atoms with Gasteiger partial charge in [-0.15, -0.1) is 0 Å². The summed E-state index contributed by atoms with van der Waals surface area (Å²) in [6, 6.07) is -0.221. The van der Waals surface area contributed by atoms with Gasteiger partial charge in [-0.05, 0) is 25.3 Å². The van der Waals surface area contributed by atoms with E-state index in [1.807, 2.05) is 13.8 Å². The van der Waals surface area contributed by atoms with E-state index in [0.717, 1.165) is 6.42 Å². The minimum absolute atomic E-state index is 0.174. The lowest BCUT2D eigenvalue weighted by atomic mass is 9.87. The lowest BCUT2D eigenvalue weighted by Crippen LogP contribution is -2.47. The quantitative estimate of drug-likeness (QED) is 0.796. The van der Waals surface area contributed by atoms with Crippen LogP contribution in [0.15, 0.2) is 0 Å². The third-order valence-electron chi connectivity index (χ3n) is 3.49. The molecule has 1 N–H and O–H groups in total. The van der Waals surface area contributed by atoms with E-state index in [0.29, 0.717) is 6.42 Å². The van der Waals surface area contributed by atoms with Crippen molar-refractivity contribution in [2.75, 3.05) is 13.7 Å². The van der Waals surface area contributed by atoms with Gasteiger partial charge in [-0.25, -0.2) is 0 Å². The zero-order valence-corrected chi connectivity index (χ0v) is 10.6. The molecule has 2 unspecified atom stereocenters. The SMILES string of the molecule is CNC1C(OCC(F)(F)C(F)(F)F)CCC1(C)C. The Hall–Kier alpha value is -0.430. The van der Waals surface area contributed by atoms with Gasteiger partial charge in [0.15, 0.2) is 0 Å².